The van der Waals surface area contributed by atoms with Crippen LogP contribution in [0.3, 0.4) is 0 Å². The molecule has 1 saturated carbocycles. The monoisotopic (exact) mass is 295 g/mol. The number of aliphatic hydroxyl groups excluding tert-OH is 1. The predicted molar refractivity (Wildman–Crippen MR) is 77.7 cm³/mol. The van der Waals surface area contributed by atoms with Crippen molar-refractivity contribution in [2.45, 2.75) is 44.7 Å². The molecule has 2 rings (SSSR count). The maximum Gasteiger partial charge on any atom is 0.338 e. The van der Waals surface area contributed by atoms with E-state index in [-0.39, 0.29) is 12.2 Å². The quantitative estimate of drug-likeness (QED) is 0.847. The summed E-state index contributed by atoms with van der Waals surface area (Å²) in [4.78, 5) is 13.0. The summed E-state index contributed by atoms with van der Waals surface area (Å²) in [7, 11) is 0. The highest BCUT2D eigenvalue weighted by Gasteiger charge is 2.21. The van der Waals surface area contributed by atoms with E-state index in [0.29, 0.717) is 19.1 Å². The number of carboxylic acids is 1. The Morgan fingerprint density at radius 3 is 2.57 bits per heavy atom. The maximum absolute atomic E-state index is 13.7. The fraction of sp³-hybridized carbons (Fsp3) is 0.562. The van der Waals surface area contributed by atoms with Crippen LogP contribution in [-0.4, -0.2) is 40.3 Å². The number of nitrogens with zero attached hydrogens (tertiary/aromatic N) is 1. The van der Waals surface area contributed by atoms with Gasteiger partial charge in [-0.15, -0.1) is 0 Å². The van der Waals surface area contributed by atoms with Crippen LogP contribution in [0.1, 0.15) is 48.0 Å². The summed E-state index contributed by atoms with van der Waals surface area (Å²) in [5.41, 5.74) is 0.446. The SMILES string of the molecule is O=C(O)c1ccc(CN(CCO)C2CCCCC2)cc1F. The van der Waals surface area contributed by atoms with Crippen molar-refractivity contribution in [3.63, 3.8) is 0 Å². The highest BCUT2D eigenvalue weighted by atomic mass is 19.1. The first kappa shape index (κ1) is 15.9. The van der Waals surface area contributed by atoms with E-state index in [4.69, 9.17) is 5.11 Å². The van der Waals surface area contributed by atoms with Crippen molar-refractivity contribution < 1.29 is 19.4 Å². The summed E-state index contributed by atoms with van der Waals surface area (Å²) in [5.74, 6) is -1.95. The first-order valence-corrected chi connectivity index (χ1v) is 7.48. The van der Waals surface area contributed by atoms with Crippen LogP contribution in [0.2, 0.25) is 0 Å². The van der Waals surface area contributed by atoms with Crippen LogP contribution >= 0.6 is 0 Å². The third-order valence-corrected chi connectivity index (χ3v) is 4.13. The van der Waals surface area contributed by atoms with Gasteiger partial charge in [-0.2, -0.15) is 0 Å². The number of hydrogen-bond acceptors (Lipinski definition) is 3. The Balaban J connectivity index is 2.09. The second-order valence-electron chi connectivity index (χ2n) is 5.61. The van der Waals surface area contributed by atoms with Gasteiger partial charge in [-0.3, -0.25) is 4.90 Å². The number of aromatic carboxylic acids is 1. The van der Waals surface area contributed by atoms with Gasteiger partial charge in [0, 0.05) is 19.1 Å². The van der Waals surface area contributed by atoms with Gasteiger partial charge in [0.05, 0.1) is 12.2 Å². The van der Waals surface area contributed by atoms with Crippen LogP contribution in [0.15, 0.2) is 18.2 Å². The molecule has 1 aromatic carbocycles. The minimum absolute atomic E-state index is 0.0756. The molecular formula is C16H22FNO3. The lowest BCUT2D eigenvalue weighted by Crippen LogP contribution is -2.38. The van der Waals surface area contributed by atoms with Crippen LogP contribution in [-0.2, 0) is 6.54 Å². The van der Waals surface area contributed by atoms with Gasteiger partial charge >= 0.3 is 5.97 Å². The lowest BCUT2D eigenvalue weighted by molar-refractivity contribution is 0.0692. The summed E-state index contributed by atoms with van der Waals surface area (Å²) < 4.78 is 13.7. The minimum atomic E-state index is -1.25. The van der Waals surface area contributed by atoms with Crippen molar-refractivity contribution in [1.29, 1.82) is 0 Å². The maximum atomic E-state index is 13.7. The molecule has 0 saturated heterocycles. The highest BCUT2D eigenvalue weighted by Crippen LogP contribution is 2.24. The van der Waals surface area contributed by atoms with E-state index < -0.39 is 11.8 Å². The van der Waals surface area contributed by atoms with E-state index in [2.05, 4.69) is 4.90 Å². The van der Waals surface area contributed by atoms with E-state index in [9.17, 15) is 14.3 Å². The molecule has 21 heavy (non-hydrogen) atoms. The van der Waals surface area contributed by atoms with Crippen molar-refractivity contribution in [3.05, 3.63) is 35.1 Å². The first-order valence-electron chi connectivity index (χ1n) is 7.48. The molecule has 0 atom stereocenters. The van der Waals surface area contributed by atoms with Crippen molar-refractivity contribution in [2.75, 3.05) is 13.2 Å². The smallest absolute Gasteiger partial charge is 0.338 e. The molecule has 0 radical (unpaired) electrons. The zero-order valence-corrected chi connectivity index (χ0v) is 12.1. The van der Waals surface area contributed by atoms with Crippen LogP contribution in [0.25, 0.3) is 0 Å². The Morgan fingerprint density at radius 1 is 1.29 bits per heavy atom. The zero-order valence-electron chi connectivity index (χ0n) is 12.1. The molecule has 1 aromatic rings. The number of carboxylic acid groups (broad SMARTS) is 1. The molecule has 4 nitrogen and oxygen atoms in total. The summed E-state index contributed by atoms with van der Waals surface area (Å²) in [6, 6.07) is 4.68. The standard InChI is InChI=1S/C16H22FNO3/c17-15-10-12(6-7-14(15)16(20)21)11-18(8-9-19)13-4-2-1-3-5-13/h6-7,10,13,19H,1-5,8-9,11H2,(H,20,21). The third-order valence-electron chi connectivity index (χ3n) is 4.13. The van der Waals surface area contributed by atoms with Gasteiger partial charge < -0.3 is 10.2 Å². The molecule has 1 aliphatic carbocycles. The van der Waals surface area contributed by atoms with Gasteiger partial charge in [-0.25, -0.2) is 9.18 Å². The molecule has 0 heterocycles. The number of halogens is 1. The predicted octanol–water partition coefficient (Wildman–Crippen LogP) is 2.65. The van der Waals surface area contributed by atoms with Gasteiger partial charge in [0.2, 0.25) is 0 Å². The van der Waals surface area contributed by atoms with Crippen molar-refractivity contribution >= 4 is 5.97 Å². The largest absolute Gasteiger partial charge is 0.478 e. The molecule has 5 heteroatoms. The Hall–Kier alpha value is -1.46. The second-order valence-corrected chi connectivity index (χ2v) is 5.61. The van der Waals surface area contributed by atoms with Crippen LogP contribution < -0.4 is 0 Å². The average molecular weight is 295 g/mol. The lowest BCUT2D eigenvalue weighted by Gasteiger charge is -2.34. The molecule has 1 fully saturated rings. The first-order chi connectivity index (χ1) is 10.1. The molecule has 0 aliphatic heterocycles. The Bertz CT molecular complexity index is 486. The van der Waals surface area contributed by atoms with Crippen LogP contribution in [0.5, 0.6) is 0 Å². The molecule has 0 bridgehead atoms. The molecule has 0 aromatic heterocycles. The van der Waals surface area contributed by atoms with Crippen LogP contribution in [0.4, 0.5) is 4.39 Å². The van der Waals surface area contributed by atoms with Gasteiger partial charge in [0.15, 0.2) is 0 Å². The number of benzene rings is 1. The Labute approximate surface area is 124 Å². The summed E-state index contributed by atoms with van der Waals surface area (Å²) in [6.45, 7) is 1.18. The van der Waals surface area contributed by atoms with E-state index in [0.717, 1.165) is 18.4 Å². The highest BCUT2D eigenvalue weighted by molar-refractivity contribution is 5.87. The van der Waals surface area contributed by atoms with Crippen molar-refractivity contribution in [1.82, 2.24) is 4.90 Å². The second kappa shape index (κ2) is 7.52. The summed E-state index contributed by atoms with van der Waals surface area (Å²) in [6.07, 6.45) is 5.86. The Morgan fingerprint density at radius 2 is 2.00 bits per heavy atom. The molecule has 0 spiro atoms. The molecule has 116 valence electrons. The molecule has 1 aliphatic rings. The van der Waals surface area contributed by atoms with E-state index in [1.54, 1.807) is 6.07 Å². The lowest BCUT2D eigenvalue weighted by atomic mass is 9.94. The fourth-order valence-corrected chi connectivity index (χ4v) is 3.03. The normalized spacial score (nSPS) is 16.3. The van der Waals surface area contributed by atoms with E-state index >= 15 is 0 Å². The van der Waals surface area contributed by atoms with Crippen LogP contribution in [0, 0.1) is 5.82 Å². The van der Waals surface area contributed by atoms with Crippen molar-refractivity contribution in [2.24, 2.45) is 0 Å². The third kappa shape index (κ3) is 4.25. The van der Waals surface area contributed by atoms with Gasteiger partial charge in [0.1, 0.15) is 5.82 Å². The number of rotatable bonds is 6. The minimum Gasteiger partial charge on any atom is -0.478 e. The molecule has 2 N–H and O–H groups in total. The summed E-state index contributed by atoms with van der Waals surface area (Å²) in [5, 5.41) is 18.1. The topological polar surface area (TPSA) is 60.8 Å². The fourth-order valence-electron chi connectivity index (χ4n) is 3.03. The van der Waals surface area contributed by atoms with Gasteiger partial charge in [-0.1, -0.05) is 25.3 Å². The van der Waals surface area contributed by atoms with E-state index in [1.807, 2.05) is 0 Å². The van der Waals surface area contributed by atoms with Crippen molar-refractivity contribution in [3.8, 4) is 0 Å². The van der Waals surface area contributed by atoms with Gasteiger partial charge in [-0.05, 0) is 30.5 Å². The number of carbonyl (C=O) groups is 1. The number of aliphatic hydroxyl groups is 1. The van der Waals surface area contributed by atoms with E-state index in [1.165, 1.54) is 31.4 Å². The average Bonchev–Trinajstić information content (AvgIpc) is 2.47. The Kier molecular flexibility index (Phi) is 5.70. The summed E-state index contributed by atoms with van der Waals surface area (Å²) >= 11 is 0. The molecule has 0 amide bonds. The molecule has 0 unspecified atom stereocenters. The van der Waals surface area contributed by atoms with Gasteiger partial charge in [0.25, 0.3) is 0 Å². The number of hydrogen-bond donors (Lipinski definition) is 2. The zero-order chi connectivity index (χ0) is 15.2. The molecular weight excluding hydrogens is 273 g/mol.